The highest BCUT2D eigenvalue weighted by Gasteiger charge is 2.25. The zero-order chi connectivity index (χ0) is 13.7. The van der Waals surface area contributed by atoms with Gasteiger partial charge in [-0.05, 0) is 36.5 Å². The van der Waals surface area contributed by atoms with Gasteiger partial charge in [0.25, 0.3) is 0 Å². The Morgan fingerprint density at radius 1 is 1.47 bits per heavy atom. The largest absolute Gasteiger partial charge is 0.497 e. The average molecular weight is 262 g/mol. The highest BCUT2D eigenvalue weighted by atomic mass is 16.5. The molecule has 0 unspecified atom stereocenters. The maximum absolute atomic E-state index is 11.9. The van der Waals surface area contributed by atoms with Gasteiger partial charge in [0.2, 0.25) is 5.91 Å². The van der Waals surface area contributed by atoms with Gasteiger partial charge in [0.15, 0.2) is 0 Å². The van der Waals surface area contributed by atoms with Crippen molar-refractivity contribution in [3.63, 3.8) is 0 Å². The summed E-state index contributed by atoms with van der Waals surface area (Å²) < 4.78 is 5.15. The normalized spacial score (nSPS) is 22.2. The van der Waals surface area contributed by atoms with Gasteiger partial charge >= 0.3 is 0 Å². The molecular formula is C15H22N2O2. The van der Waals surface area contributed by atoms with Gasteiger partial charge in [-0.3, -0.25) is 4.79 Å². The highest BCUT2D eigenvalue weighted by molar-refractivity contribution is 5.76. The number of carbonyl (C=O) groups is 1. The van der Waals surface area contributed by atoms with Crippen LogP contribution in [0.4, 0.5) is 0 Å². The Balaban J connectivity index is 1.79. The number of nitrogens with two attached hydrogens (primary N) is 1. The van der Waals surface area contributed by atoms with E-state index in [2.05, 4.69) is 5.32 Å². The van der Waals surface area contributed by atoms with Crippen LogP contribution in [0.1, 0.15) is 31.2 Å². The van der Waals surface area contributed by atoms with Crippen molar-refractivity contribution in [2.75, 3.05) is 7.11 Å². The molecular weight excluding hydrogens is 240 g/mol. The second kappa shape index (κ2) is 6.57. The lowest BCUT2D eigenvalue weighted by molar-refractivity contribution is -0.122. The summed E-state index contributed by atoms with van der Waals surface area (Å²) >= 11 is 0. The first-order chi connectivity index (χ1) is 9.19. The van der Waals surface area contributed by atoms with Gasteiger partial charge in [0.05, 0.1) is 7.11 Å². The Morgan fingerprint density at radius 3 is 3.00 bits per heavy atom. The molecule has 1 fully saturated rings. The predicted octanol–water partition coefficient (Wildman–Crippen LogP) is 1.83. The molecule has 0 aliphatic heterocycles. The van der Waals surface area contributed by atoms with Crippen molar-refractivity contribution in [2.45, 2.75) is 38.3 Å². The molecule has 1 aromatic rings. The van der Waals surface area contributed by atoms with E-state index >= 15 is 0 Å². The highest BCUT2D eigenvalue weighted by Crippen LogP contribution is 2.26. The van der Waals surface area contributed by atoms with Crippen LogP contribution >= 0.6 is 0 Å². The van der Waals surface area contributed by atoms with E-state index in [4.69, 9.17) is 10.5 Å². The Hall–Kier alpha value is -1.55. The van der Waals surface area contributed by atoms with Crippen LogP contribution in [0.15, 0.2) is 24.3 Å². The number of ether oxygens (including phenoxy) is 1. The van der Waals surface area contributed by atoms with Crippen LogP contribution in [0.2, 0.25) is 0 Å². The van der Waals surface area contributed by atoms with Gasteiger partial charge in [-0.25, -0.2) is 0 Å². The molecule has 4 heteroatoms. The quantitative estimate of drug-likeness (QED) is 0.851. The molecule has 19 heavy (non-hydrogen) atoms. The second-order valence-electron chi connectivity index (χ2n) is 5.19. The summed E-state index contributed by atoms with van der Waals surface area (Å²) in [5.41, 5.74) is 7.02. The van der Waals surface area contributed by atoms with Gasteiger partial charge in [-0.15, -0.1) is 0 Å². The first kappa shape index (κ1) is 13.9. The van der Waals surface area contributed by atoms with Gasteiger partial charge in [0, 0.05) is 19.0 Å². The van der Waals surface area contributed by atoms with Gasteiger partial charge in [-0.1, -0.05) is 18.6 Å². The topological polar surface area (TPSA) is 64.3 Å². The molecule has 1 aromatic carbocycles. The molecule has 1 aliphatic carbocycles. The lowest BCUT2D eigenvalue weighted by atomic mass is 10.00. The fourth-order valence-electron chi connectivity index (χ4n) is 2.61. The van der Waals surface area contributed by atoms with Crippen LogP contribution in [0.3, 0.4) is 0 Å². The van der Waals surface area contributed by atoms with Crippen LogP contribution in [-0.4, -0.2) is 19.1 Å². The van der Waals surface area contributed by atoms with Crippen LogP contribution in [0.5, 0.6) is 5.75 Å². The molecule has 1 amide bonds. The third-order valence-electron chi connectivity index (χ3n) is 3.79. The number of carbonyl (C=O) groups excluding carboxylic acids is 1. The summed E-state index contributed by atoms with van der Waals surface area (Å²) in [6.45, 7) is 0.540. The molecule has 0 saturated heterocycles. The fourth-order valence-corrected chi connectivity index (χ4v) is 2.61. The van der Waals surface area contributed by atoms with Crippen LogP contribution in [0.25, 0.3) is 0 Å². The first-order valence-electron chi connectivity index (χ1n) is 6.84. The van der Waals surface area contributed by atoms with E-state index in [9.17, 15) is 4.79 Å². The number of benzene rings is 1. The Labute approximate surface area is 114 Å². The van der Waals surface area contributed by atoms with E-state index in [1.807, 2.05) is 24.3 Å². The van der Waals surface area contributed by atoms with Crippen LogP contribution < -0.4 is 15.8 Å². The lowest BCUT2D eigenvalue weighted by Gasteiger charge is -2.14. The summed E-state index contributed by atoms with van der Waals surface area (Å²) in [4.78, 5) is 11.9. The molecule has 4 nitrogen and oxygen atoms in total. The molecule has 2 rings (SSSR count). The Morgan fingerprint density at radius 2 is 2.32 bits per heavy atom. The third-order valence-corrected chi connectivity index (χ3v) is 3.79. The van der Waals surface area contributed by atoms with Crippen molar-refractivity contribution >= 4 is 5.91 Å². The van der Waals surface area contributed by atoms with Gasteiger partial charge in [0.1, 0.15) is 5.75 Å². The molecule has 0 heterocycles. The Bertz CT molecular complexity index is 434. The lowest BCUT2D eigenvalue weighted by Crippen LogP contribution is -2.31. The molecule has 0 aromatic heterocycles. The zero-order valence-electron chi connectivity index (χ0n) is 11.4. The zero-order valence-corrected chi connectivity index (χ0v) is 11.4. The van der Waals surface area contributed by atoms with E-state index < -0.39 is 0 Å². The molecule has 0 spiro atoms. The summed E-state index contributed by atoms with van der Waals surface area (Å²) in [6, 6.07) is 7.92. The van der Waals surface area contributed by atoms with E-state index in [0.29, 0.717) is 18.9 Å². The average Bonchev–Trinajstić information content (AvgIpc) is 2.82. The van der Waals surface area contributed by atoms with Crippen molar-refractivity contribution in [2.24, 2.45) is 11.7 Å². The summed E-state index contributed by atoms with van der Waals surface area (Å²) in [5.74, 6) is 1.25. The van der Waals surface area contributed by atoms with Crippen molar-refractivity contribution in [1.82, 2.24) is 5.32 Å². The van der Waals surface area contributed by atoms with Crippen molar-refractivity contribution in [3.8, 4) is 5.75 Å². The summed E-state index contributed by atoms with van der Waals surface area (Å²) in [7, 11) is 1.64. The second-order valence-corrected chi connectivity index (χ2v) is 5.19. The molecule has 1 saturated carbocycles. The number of hydrogen-bond acceptors (Lipinski definition) is 3. The summed E-state index contributed by atoms with van der Waals surface area (Å²) in [6.07, 6.45) is 3.82. The SMILES string of the molecule is COc1cccc(CNC(=O)C[C@@H]2CCC[C@H]2N)c1. The minimum absolute atomic E-state index is 0.0881. The van der Waals surface area contributed by atoms with Gasteiger partial charge < -0.3 is 15.8 Å². The van der Waals surface area contributed by atoms with Gasteiger partial charge in [-0.2, -0.15) is 0 Å². The van der Waals surface area contributed by atoms with Crippen LogP contribution in [-0.2, 0) is 11.3 Å². The first-order valence-corrected chi connectivity index (χ1v) is 6.84. The fraction of sp³-hybridized carbons (Fsp3) is 0.533. The number of nitrogens with one attached hydrogen (secondary N) is 1. The Kier molecular flexibility index (Phi) is 4.80. The molecule has 1 aliphatic rings. The number of rotatable bonds is 5. The number of methoxy groups -OCH3 is 1. The minimum Gasteiger partial charge on any atom is -0.497 e. The van der Waals surface area contributed by atoms with E-state index in [1.54, 1.807) is 7.11 Å². The standard InChI is InChI=1S/C15H22N2O2/c1-19-13-6-2-4-11(8-13)10-17-15(18)9-12-5-3-7-14(12)16/h2,4,6,8,12,14H,3,5,7,9-10,16H2,1H3,(H,17,18)/t12-,14+/m0/s1. The maximum Gasteiger partial charge on any atom is 0.220 e. The van der Waals surface area contributed by atoms with Crippen molar-refractivity contribution in [3.05, 3.63) is 29.8 Å². The molecule has 3 N–H and O–H groups in total. The van der Waals surface area contributed by atoms with E-state index in [-0.39, 0.29) is 11.9 Å². The summed E-state index contributed by atoms with van der Waals surface area (Å²) in [5, 5.41) is 2.95. The predicted molar refractivity (Wildman–Crippen MR) is 74.8 cm³/mol. The maximum atomic E-state index is 11.9. The number of hydrogen-bond donors (Lipinski definition) is 2. The van der Waals surface area contributed by atoms with Crippen LogP contribution in [0, 0.1) is 5.92 Å². The molecule has 2 atom stereocenters. The monoisotopic (exact) mass is 262 g/mol. The smallest absolute Gasteiger partial charge is 0.220 e. The van der Waals surface area contributed by atoms with E-state index in [0.717, 1.165) is 30.6 Å². The minimum atomic E-state index is 0.0881. The number of amides is 1. The third kappa shape index (κ3) is 3.96. The molecule has 0 bridgehead atoms. The van der Waals surface area contributed by atoms with E-state index in [1.165, 1.54) is 0 Å². The van der Waals surface area contributed by atoms with Crippen molar-refractivity contribution in [1.29, 1.82) is 0 Å². The molecule has 104 valence electrons. The van der Waals surface area contributed by atoms with Crippen molar-refractivity contribution < 1.29 is 9.53 Å². The molecule has 0 radical (unpaired) electrons.